The van der Waals surface area contributed by atoms with Gasteiger partial charge in [-0.2, -0.15) is 0 Å². The van der Waals surface area contributed by atoms with Crippen LogP contribution in [0.2, 0.25) is 0 Å². The predicted octanol–water partition coefficient (Wildman–Crippen LogP) is -1.10. The fourth-order valence-electron chi connectivity index (χ4n) is 1.85. The second kappa shape index (κ2) is 5.11. The van der Waals surface area contributed by atoms with E-state index in [0.717, 1.165) is 0 Å². The molecule has 1 fully saturated rings. The summed E-state index contributed by atoms with van der Waals surface area (Å²) in [4.78, 5) is 25.2. The summed E-state index contributed by atoms with van der Waals surface area (Å²) >= 11 is 1.96. The number of alkyl halides is 1. The van der Waals surface area contributed by atoms with Crippen molar-refractivity contribution in [2.24, 2.45) is 0 Å². The molecule has 1 unspecified atom stereocenters. The van der Waals surface area contributed by atoms with E-state index in [-0.39, 0.29) is 10.5 Å². The van der Waals surface area contributed by atoms with Gasteiger partial charge in [-0.15, -0.1) is 0 Å². The minimum atomic E-state index is -0.861. The summed E-state index contributed by atoms with van der Waals surface area (Å²) in [5.41, 5.74) is -0.662. The van der Waals surface area contributed by atoms with Crippen LogP contribution in [0.3, 0.4) is 0 Å². The first kappa shape index (κ1) is 13.7. The highest BCUT2D eigenvalue weighted by atomic mass is 127. The fraction of sp³-hybridized carbons (Fsp3) is 0.600. The molecule has 0 amide bonds. The van der Waals surface area contributed by atoms with Crippen LogP contribution < -0.4 is 11.2 Å². The summed E-state index contributed by atoms with van der Waals surface area (Å²) in [5.74, 6) is 0. The second-order valence-electron chi connectivity index (χ2n) is 4.16. The second-order valence-corrected chi connectivity index (χ2v) is 5.60. The third kappa shape index (κ3) is 2.25. The molecule has 0 saturated carbocycles. The first-order chi connectivity index (χ1) is 8.45. The van der Waals surface area contributed by atoms with Gasteiger partial charge in [-0.25, -0.2) is 4.79 Å². The lowest BCUT2D eigenvalue weighted by Crippen LogP contribution is -2.36. The van der Waals surface area contributed by atoms with Crippen molar-refractivity contribution in [3.63, 3.8) is 0 Å². The third-order valence-corrected chi connectivity index (χ3v) is 4.25. The van der Waals surface area contributed by atoms with Crippen LogP contribution in [0.5, 0.6) is 0 Å². The molecule has 3 N–H and O–H groups in total. The maximum atomic E-state index is 11.7. The minimum absolute atomic E-state index is 0.325. The van der Waals surface area contributed by atoms with Crippen molar-refractivity contribution < 1.29 is 14.9 Å². The summed E-state index contributed by atoms with van der Waals surface area (Å²) in [6.07, 6.45) is -0.902. The van der Waals surface area contributed by atoms with Gasteiger partial charge in [-0.05, 0) is 6.92 Å². The van der Waals surface area contributed by atoms with Crippen LogP contribution in [0.4, 0.5) is 0 Å². The topological polar surface area (TPSA) is 105 Å². The van der Waals surface area contributed by atoms with E-state index in [1.54, 1.807) is 6.92 Å². The Kier molecular flexibility index (Phi) is 3.90. The SMILES string of the molecule is Cc1cn([C@@H]2O[C@H](CO)[C@@H](O)C2I)c(=O)[nH]c1=O. The molecule has 0 radical (unpaired) electrons. The van der Waals surface area contributed by atoms with Crippen LogP contribution in [-0.2, 0) is 4.74 Å². The van der Waals surface area contributed by atoms with E-state index in [1.165, 1.54) is 10.8 Å². The molecular formula is C10H13IN2O5. The molecule has 1 aliphatic heterocycles. The molecule has 0 aliphatic carbocycles. The van der Waals surface area contributed by atoms with E-state index in [0.29, 0.717) is 5.56 Å². The average molecular weight is 368 g/mol. The number of aliphatic hydroxyl groups excluding tert-OH is 2. The van der Waals surface area contributed by atoms with Crippen molar-refractivity contribution in [3.8, 4) is 0 Å². The van der Waals surface area contributed by atoms with Crippen molar-refractivity contribution in [1.29, 1.82) is 0 Å². The molecule has 0 aromatic carbocycles. The van der Waals surface area contributed by atoms with Crippen LogP contribution in [0.25, 0.3) is 0 Å². The van der Waals surface area contributed by atoms with Gasteiger partial charge in [0.25, 0.3) is 5.56 Å². The van der Waals surface area contributed by atoms with E-state index >= 15 is 0 Å². The smallest absolute Gasteiger partial charge is 0.330 e. The Morgan fingerprint density at radius 1 is 1.56 bits per heavy atom. The third-order valence-electron chi connectivity index (χ3n) is 2.89. The number of halogens is 1. The number of aromatic nitrogens is 2. The largest absolute Gasteiger partial charge is 0.394 e. The Morgan fingerprint density at radius 3 is 2.78 bits per heavy atom. The van der Waals surface area contributed by atoms with Crippen molar-refractivity contribution >= 4 is 22.6 Å². The molecule has 0 spiro atoms. The van der Waals surface area contributed by atoms with Gasteiger partial charge < -0.3 is 14.9 Å². The number of rotatable bonds is 2. The van der Waals surface area contributed by atoms with Crippen LogP contribution in [0, 0.1) is 6.92 Å². The zero-order chi connectivity index (χ0) is 13.4. The molecule has 18 heavy (non-hydrogen) atoms. The van der Waals surface area contributed by atoms with E-state index in [1.807, 2.05) is 22.6 Å². The number of ether oxygens (including phenoxy) is 1. The standard InChI is InChI=1S/C10H13IN2O5/c1-4-2-13(10(17)12-8(4)16)9-6(11)7(15)5(3-14)18-9/h2,5-7,9,14-15H,3H2,1H3,(H,12,16,17)/t5-,6?,7-,9-/m1/s1. The average Bonchev–Trinajstić information content (AvgIpc) is 2.61. The highest BCUT2D eigenvalue weighted by Crippen LogP contribution is 2.33. The highest BCUT2D eigenvalue weighted by molar-refractivity contribution is 14.1. The summed E-state index contributed by atoms with van der Waals surface area (Å²) in [5, 5.41) is 18.9. The molecule has 2 rings (SSSR count). The number of aryl methyl sites for hydroxylation is 1. The van der Waals surface area contributed by atoms with Gasteiger partial charge in [0.05, 0.1) is 16.6 Å². The molecule has 7 nitrogen and oxygen atoms in total. The molecular weight excluding hydrogens is 355 g/mol. The monoisotopic (exact) mass is 368 g/mol. The van der Waals surface area contributed by atoms with Crippen molar-refractivity contribution in [2.45, 2.75) is 29.3 Å². The Bertz CT molecular complexity index is 554. The number of H-pyrrole nitrogens is 1. The van der Waals surface area contributed by atoms with Gasteiger partial charge in [0.2, 0.25) is 0 Å². The first-order valence-corrected chi connectivity index (χ1v) is 6.60. The molecule has 1 aromatic heterocycles. The lowest BCUT2D eigenvalue weighted by atomic mass is 10.2. The lowest BCUT2D eigenvalue weighted by Gasteiger charge is -2.17. The van der Waals surface area contributed by atoms with Gasteiger partial charge in [-0.3, -0.25) is 14.3 Å². The van der Waals surface area contributed by atoms with Crippen molar-refractivity contribution in [2.75, 3.05) is 6.61 Å². The van der Waals surface area contributed by atoms with Gasteiger partial charge >= 0.3 is 5.69 Å². The molecule has 2 heterocycles. The summed E-state index contributed by atoms with van der Waals surface area (Å²) in [7, 11) is 0. The maximum absolute atomic E-state index is 11.7. The molecule has 100 valence electrons. The van der Waals surface area contributed by atoms with Gasteiger partial charge in [0.15, 0.2) is 6.23 Å². The quantitative estimate of drug-likeness (QED) is 0.454. The summed E-state index contributed by atoms with van der Waals surface area (Å²) in [6.45, 7) is 1.25. The van der Waals surface area contributed by atoms with E-state index < -0.39 is 29.7 Å². The Balaban J connectivity index is 2.42. The number of hydrogen-bond acceptors (Lipinski definition) is 5. The number of aliphatic hydroxyl groups is 2. The van der Waals surface area contributed by atoms with Crippen LogP contribution in [0.1, 0.15) is 11.8 Å². The Labute approximate surface area is 116 Å². The van der Waals surface area contributed by atoms with Gasteiger partial charge in [0.1, 0.15) is 6.10 Å². The predicted molar refractivity (Wildman–Crippen MR) is 70.9 cm³/mol. The minimum Gasteiger partial charge on any atom is -0.394 e. The van der Waals surface area contributed by atoms with Crippen LogP contribution >= 0.6 is 22.6 Å². The van der Waals surface area contributed by atoms with E-state index in [4.69, 9.17) is 9.84 Å². The Morgan fingerprint density at radius 2 is 2.22 bits per heavy atom. The lowest BCUT2D eigenvalue weighted by molar-refractivity contribution is -0.0456. The molecule has 1 aromatic rings. The van der Waals surface area contributed by atoms with Crippen molar-refractivity contribution in [1.82, 2.24) is 9.55 Å². The molecule has 8 heteroatoms. The number of nitrogens with one attached hydrogen (secondary N) is 1. The zero-order valence-electron chi connectivity index (χ0n) is 9.54. The number of nitrogens with zero attached hydrogens (tertiary/aromatic N) is 1. The van der Waals surface area contributed by atoms with E-state index in [9.17, 15) is 14.7 Å². The van der Waals surface area contributed by atoms with Crippen LogP contribution in [0.15, 0.2) is 15.8 Å². The molecule has 1 saturated heterocycles. The van der Waals surface area contributed by atoms with Gasteiger partial charge in [0, 0.05) is 11.8 Å². The zero-order valence-corrected chi connectivity index (χ0v) is 11.7. The molecule has 1 aliphatic rings. The van der Waals surface area contributed by atoms with Crippen molar-refractivity contribution in [3.05, 3.63) is 32.6 Å². The normalized spacial score (nSPS) is 31.8. The molecule has 0 bridgehead atoms. The fourth-order valence-corrected chi connectivity index (χ4v) is 2.83. The molecule has 4 atom stereocenters. The highest BCUT2D eigenvalue weighted by Gasteiger charge is 2.43. The number of aromatic amines is 1. The van der Waals surface area contributed by atoms with Gasteiger partial charge in [-0.1, -0.05) is 22.6 Å². The maximum Gasteiger partial charge on any atom is 0.330 e. The summed E-state index contributed by atoms with van der Waals surface area (Å²) < 4.78 is 6.27. The van der Waals surface area contributed by atoms with Crippen LogP contribution in [-0.4, -0.2) is 42.5 Å². The van der Waals surface area contributed by atoms with E-state index in [2.05, 4.69) is 4.98 Å². The Hall–Kier alpha value is -0.710. The summed E-state index contributed by atoms with van der Waals surface area (Å²) in [6, 6.07) is 0. The number of hydrogen-bond donors (Lipinski definition) is 3. The first-order valence-electron chi connectivity index (χ1n) is 5.36.